The van der Waals surface area contributed by atoms with E-state index in [2.05, 4.69) is 23.3 Å². The lowest BCUT2D eigenvalue weighted by molar-refractivity contribution is -0.137. The summed E-state index contributed by atoms with van der Waals surface area (Å²) in [6, 6.07) is 5.45. The summed E-state index contributed by atoms with van der Waals surface area (Å²) >= 11 is 0. The van der Waals surface area contributed by atoms with E-state index in [0.29, 0.717) is 17.3 Å². The number of anilines is 1. The molecule has 20 heavy (non-hydrogen) atoms. The van der Waals surface area contributed by atoms with Crippen LogP contribution in [0.25, 0.3) is 0 Å². The second kappa shape index (κ2) is 8.92. The highest BCUT2D eigenvalue weighted by atomic mass is 16.4. The first kappa shape index (κ1) is 16.0. The Kier molecular flexibility index (Phi) is 7.12. The van der Waals surface area contributed by atoms with Gasteiger partial charge in [0.2, 0.25) is 0 Å². The van der Waals surface area contributed by atoms with Gasteiger partial charge >= 0.3 is 5.97 Å². The van der Waals surface area contributed by atoms with E-state index in [1.165, 1.54) is 0 Å². The fourth-order valence-electron chi connectivity index (χ4n) is 2.17. The van der Waals surface area contributed by atoms with Gasteiger partial charge in [-0.15, -0.1) is 0 Å². The molecule has 1 rings (SSSR count). The minimum atomic E-state index is -0.734. The molecule has 0 aliphatic carbocycles. The third-order valence-electron chi connectivity index (χ3n) is 3.21. The summed E-state index contributed by atoms with van der Waals surface area (Å²) in [6.07, 6.45) is 5.57. The van der Waals surface area contributed by atoms with Gasteiger partial charge in [0.25, 0.3) is 0 Å². The van der Waals surface area contributed by atoms with Crippen LogP contribution >= 0.6 is 0 Å². The van der Waals surface area contributed by atoms with E-state index in [-0.39, 0.29) is 6.42 Å². The predicted octanol–water partition coefficient (Wildman–Crippen LogP) is 3.04. The Hall–Kier alpha value is -2.09. The van der Waals surface area contributed by atoms with Crippen molar-refractivity contribution in [1.82, 2.24) is 4.98 Å². The molecule has 0 aromatic carbocycles. The molecule has 0 aliphatic rings. The van der Waals surface area contributed by atoms with Gasteiger partial charge in [0.15, 0.2) is 0 Å². The second-order valence-electron chi connectivity index (χ2n) is 4.84. The van der Waals surface area contributed by atoms with Crippen molar-refractivity contribution >= 4 is 11.8 Å². The Balaban J connectivity index is 2.39. The van der Waals surface area contributed by atoms with Crippen molar-refractivity contribution in [2.45, 2.75) is 39.0 Å². The molecule has 1 aromatic heterocycles. The highest BCUT2D eigenvalue weighted by molar-refractivity contribution is 5.66. The van der Waals surface area contributed by atoms with Gasteiger partial charge in [-0.25, -0.2) is 4.98 Å². The molecule has 0 spiro atoms. The van der Waals surface area contributed by atoms with Crippen LogP contribution in [0.2, 0.25) is 0 Å². The van der Waals surface area contributed by atoms with Crippen molar-refractivity contribution in [2.75, 3.05) is 11.9 Å². The van der Waals surface area contributed by atoms with Gasteiger partial charge < -0.3 is 10.4 Å². The number of pyridine rings is 1. The van der Waals surface area contributed by atoms with Crippen molar-refractivity contribution in [1.29, 1.82) is 5.26 Å². The Morgan fingerprint density at radius 1 is 1.50 bits per heavy atom. The van der Waals surface area contributed by atoms with E-state index >= 15 is 0 Å². The Morgan fingerprint density at radius 3 is 2.95 bits per heavy atom. The zero-order valence-electron chi connectivity index (χ0n) is 11.8. The summed E-state index contributed by atoms with van der Waals surface area (Å²) in [7, 11) is 0. The molecule has 1 unspecified atom stereocenters. The van der Waals surface area contributed by atoms with Crippen molar-refractivity contribution in [3.8, 4) is 6.07 Å². The normalized spacial score (nSPS) is 11.6. The van der Waals surface area contributed by atoms with Gasteiger partial charge in [-0.1, -0.05) is 19.8 Å². The van der Waals surface area contributed by atoms with Gasteiger partial charge in [-0.2, -0.15) is 5.26 Å². The topological polar surface area (TPSA) is 86.0 Å². The molecule has 1 heterocycles. The quantitative estimate of drug-likeness (QED) is 0.723. The largest absolute Gasteiger partial charge is 0.481 e. The minimum Gasteiger partial charge on any atom is -0.481 e. The lowest BCUT2D eigenvalue weighted by Gasteiger charge is -2.15. The average Bonchev–Trinajstić information content (AvgIpc) is 2.45. The fourth-order valence-corrected chi connectivity index (χ4v) is 2.17. The molecule has 108 valence electrons. The first-order valence-corrected chi connectivity index (χ1v) is 6.97. The molecule has 0 fully saturated rings. The fraction of sp³-hybridized carbons (Fsp3) is 0.533. The molecular formula is C15H21N3O2. The first-order chi connectivity index (χ1) is 9.65. The summed E-state index contributed by atoms with van der Waals surface area (Å²) in [5.74, 6) is 0.378. The molecule has 0 amide bonds. The van der Waals surface area contributed by atoms with E-state index in [0.717, 1.165) is 32.2 Å². The lowest BCUT2D eigenvalue weighted by atomic mass is 9.94. The molecule has 2 N–H and O–H groups in total. The van der Waals surface area contributed by atoms with E-state index in [9.17, 15) is 4.79 Å². The molecule has 5 heteroatoms. The van der Waals surface area contributed by atoms with Crippen LogP contribution in [0.4, 0.5) is 5.82 Å². The SMILES string of the molecule is CCCC(CCNc1cc(C#N)ccn1)CCC(=O)O. The number of hydrogen-bond acceptors (Lipinski definition) is 4. The van der Waals surface area contributed by atoms with Crippen molar-refractivity contribution in [3.05, 3.63) is 23.9 Å². The molecule has 0 bridgehead atoms. The van der Waals surface area contributed by atoms with Crippen LogP contribution in [0.5, 0.6) is 0 Å². The monoisotopic (exact) mass is 275 g/mol. The predicted molar refractivity (Wildman–Crippen MR) is 77.3 cm³/mol. The summed E-state index contributed by atoms with van der Waals surface area (Å²) in [4.78, 5) is 14.8. The van der Waals surface area contributed by atoms with Crippen LogP contribution in [0.1, 0.15) is 44.6 Å². The van der Waals surface area contributed by atoms with Gasteiger partial charge in [-0.05, 0) is 30.9 Å². The van der Waals surface area contributed by atoms with Crippen LogP contribution in [-0.4, -0.2) is 22.6 Å². The minimum absolute atomic E-state index is 0.229. The Morgan fingerprint density at radius 2 is 2.30 bits per heavy atom. The molecule has 1 aromatic rings. The summed E-state index contributed by atoms with van der Waals surface area (Å²) in [5.41, 5.74) is 0.582. The van der Waals surface area contributed by atoms with Gasteiger partial charge in [0, 0.05) is 19.2 Å². The number of hydrogen-bond donors (Lipinski definition) is 2. The third kappa shape index (κ3) is 6.19. The summed E-state index contributed by atoms with van der Waals surface area (Å²) in [5, 5.41) is 20.7. The molecular weight excluding hydrogens is 254 g/mol. The maximum atomic E-state index is 10.6. The number of carbonyl (C=O) groups is 1. The number of carboxylic acids is 1. The zero-order chi connectivity index (χ0) is 14.8. The Labute approximate surface area is 119 Å². The summed E-state index contributed by atoms with van der Waals surface area (Å²) < 4.78 is 0. The van der Waals surface area contributed by atoms with Crippen molar-refractivity contribution in [2.24, 2.45) is 5.92 Å². The summed E-state index contributed by atoms with van der Waals surface area (Å²) in [6.45, 7) is 2.85. The molecule has 0 saturated carbocycles. The molecule has 0 saturated heterocycles. The first-order valence-electron chi connectivity index (χ1n) is 6.97. The maximum absolute atomic E-state index is 10.6. The third-order valence-corrected chi connectivity index (χ3v) is 3.21. The van der Waals surface area contributed by atoms with Crippen LogP contribution in [0.3, 0.4) is 0 Å². The van der Waals surface area contributed by atoms with E-state index in [1.807, 2.05) is 0 Å². The smallest absolute Gasteiger partial charge is 0.303 e. The molecule has 1 atom stereocenters. The number of aliphatic carboxylic acids is 1. The molecule has 5 nitrogen and oxygen atoms in total. The van der Waals surface area contributed by atoms with E-state index < -0.39 is 5.97 Å². The standard InChI is InChI=1S/C15H21N3O2/c1-2-3-12(4-5-15(19)20)6-8-17-14-10-13(11-16)7-9-18-14/h7,9-10,12H,2-6,8H2,1H3,(H,17,18)(H,19,20). The van der Waals surface area contributed by atoms with Crippen LogP contribution in [0, 0.1) is 17.2 Å². The van der Waals surface area contributed by atoms with Gasteiger partial charge in [-0.3, -0.25) is 4.79 Å². The van der Waals surface area contributed by atoms with E-state index in [1.54, 1.807) is 18.3 Å². The lowest BCUT2D eigenvalue weighted by Crippen LogP contribution is -2.11. The van der Waals surface area contributed by atoms with Crippen LogP contribution < -0.4 is 5.32 Å². The number of nitriles is 1. The highest BCUT2D eigenvalue weighted by Gasteiger charge is 2.10. The second-order valence-corrected chi connectivity index (χ2v) is 4.84. The number of aromatic nitrogens is 1. The average molecular weight is 275 g/mol. The van der Waals surface area contributed by atoms with Gasteiger partial charge in [0.1, 0.15) is 5.82 Å². The maximum Gasteiger partial charge on any atom is 0.303 e. The van der Waals surface area contributed by atoms with Crippen molar-refractivity contribution in [3.63, 3.8) is 0 Å². The van der Waals surface area contributed by atoms with Crippen molar-refractivity contribution < 1.29 is 9.90 Å². The molecule has 0 radical (unpaired) electrons. The Bertz CT molecular complexity index is 468. The van der Waals surface area contributed by atoms with Crippen LogP contribution in [-0.2, 0) is 4.79 Å². The van der Waals surface area contributed by atoms with Gasteiger partial charge in [0.05, 0.1) is 11.6 Å². The highest BCUT2D eigenvalue weighted by Crippen LogP contribution is 2.18. The number of nitrogens with zero attached hydrogens (tertiary/aromatic N) is 2. The van der Waals surface area contributed by atoms with Crippen LogP contribution in [0.15, 0.2) is 18.3 Å². The van der Waals surface area contributed by atoms with E-state index in [4.69, 9.17) is 10.4 Å². The molecule has 0 aliphatic heterocycles. The number of nitrogens with one attached hydrogen (secondary N) is 1. The number of rotatable bonds is 9. The number of carboxylic acid groups (broad SMARTS) is 1. The zero-order valence-corrected chi connectivity index (χ0v) is 11.8.